The largest absolute Gasteiger partial charge is 0.496 e. The molecule has 2 aliphatic rings. The molecule has 1 atom stereocenters. The van der Waals surface area contributed by atoms with Gasteiger partial charge in [-0.05, 0) is 79.0 Å². The molecule has 0 spiro atoms. The van der Waals surface area contributed by atoms with E-state index < -0.39 is 0 Å². The first-order valence-corrected chi connectivity index (χ1v) is 16.1. The van der Waals surface area contributed by atoms with E-state index in [1.807, 2.05) is 18.2 Å². The number of fused-ring (bicyclic) bond motifs is 4. The van der Waals surface area contributed by atoms with Crippen molar-refractivity contribution < 1.29 is 4.74 Å². The van der Waals surface area contributed by atoms with Crippen LogP contribution in [0.5, 0.6) is 5.75 Å². The molecule has 2 nitrogen and oxygen atoms in total. The second-order valence-corrected chi connectivity index (χ2v) is 12.1. The maximum Gasteiger partial charge on any atom is 0.127 e. The molecule has 6 aromatic rings. The number of hydrogen-bond acceptors (Lipinski definition) is 2. The van der Waals surface area contributed by atoms with Gasteiger partial charge in [0.2, 0.25) is 0 Å². The Bertz CT molecular complexity index is 2230. The molecule has 0 heterocycles. The van der Waals surface area contributed by atoms with Gasteiger partial charge in [0.05, 0.1) is 13.2 Å². The zero-order valence-corrected chi connectivity index (χ0v) is 26.5. The molecule has 0 bridgehead atoms. The fourth-order valence-corrected chi connectivity index (χ4v) is 7.41. The lowest BCUT2D eigenvalue weighted by Crippen LogP contribution is -2.33. The van der Waals surface area contributed by atoms with Crippen LogP contribution in [0.3, 0.4) is 0 Å². The van der Waals surface area contributed by atoms with Gasteiger partial charge in [0.1, 0.15) is 5.75 Å². The van der Waals surface area contributed by atoms with Crippen LogP contribution < -0.4 is 9.64 Å². The van der Waals surface area contributed by atoms with E-state index in [0.717, 1.165) is 28.1 Å². The summed E-state index contributed by atoms with van der Waals surface area (Å²) in [5.41, 5.74) is 14.4. The molecule has 2 aliphatic carbocycles. The van der Waals surface area contributed by atoms with Crippen molar-refractivity contribution in [1.29, 1.82) is 0 Å². The van der Waals surface area contributed by atoms with E-state index in [1.165, 1.54) is 55.3 Å². The first-order chi connectivity index (χ1) is 23.2. The summed E-state index contributed by atoms with van der Waals surface area (Å²) in [6.07, 6.45) is 13.0. The molecule has 0 aromatic heterocycles. The maximum absolute atomic E-state index is 5.84. The monoisotopic (exact) mass is 605 g/mol. The number of anilines is 1. The van der Waals surface area contributed by atoms with Gasteiger partial charge < -0.3 is 9.64 Å². The number of rotatable bonds is 8. The molecule has 47 heavy (non-hydrogen) atoms. The molecule has 1 unspecified atom stereocenters. The van der Waals surface area contributed by atoms with Crippen molar-refractivity contribution in [2.45, 2.75) is 6.04 Å². The average molecular weight is 606 g/mol. The Hall–Kier alpha value is -5.86. The van der Waals surface area contributed by atoms with Crippen molar-refractivity contribution in [3.63, 3.8) is 0 Å². The first kappa shape index (κ1) is 28.6. The highest BCUT2D eigenvalue weighted by Crippen LogP contribution is 2.49. The van der Waals surface area contributed by atoms with Crippen molar-refractivity contribution in [1.82, 2.24) is 0 Å². The molecule has 0 saturated heterocycles. The maximum atomic E-state index is 5.84. The smallest absolute Gasteiger partial charge is 0.127 e. The summed E-state index contributed by atoms with van der Waals surface area (Å²) < 4.78 is 5.84. The van der Waals surface area contributed by atoms with Crippen LogP contribution in [0.4, 0.5) is 5.69 Å². The lowest BCUT2D eigenvalue weighted by molar-refractivity contribution is 0.416. The topological polar surface area (TPSA) is 12.5 Å². The lowest BCUT2D eigenvalue weighted by Gasteiger charge is -2.31. The fourth-order valence-electron chi connectivity index (χ4n) is 7.41. The summed E-state index contributed by atoms with van der Waals surface area (Å²) in [5, 5.41) is 2.65. The molecule has 0 aliphatic heterocycles. The van der Waals surface area contributed by atoms with E-state index >= 15 is 0 Å². The van der Waals surface area contributed by atoms with Gasteiger partial charge in [-0.3, -0.25) is 0 Å². The molecule has 0 amide bonds. The van der Waals surface area contributed by atoms with Gasteiger partial charge in [-0.1, -0.05) is 140 Å². The lowest BCUT2D eigenvalue weighted by atomic mass is 9.92. The van der Waals surface area contributed by atoms with Crippen molar-refractivity contribution in [3.05, 3.63) is 163 Å². The summed E-state index contributed by atoms with van der Waals surface area (Å²) in [7, 11) is 1.72. The Morgan fingerprint density at radius 1 is 0.660 bits per heavy atom. The third-order valence-electron chi connectivity index (χ3n) is 9.56. The third-order valence-corrected chi connectivity index (χ3v) is 9.56. The second-order valence-electron chi connectivity index (χ2n) is 12.1. The molecule has 6 aromatic carbocycles. The minimum absolute atomic E-state index is 0.00912. The van der Waals surface area contributed by atoms with Gasteiger partial charge >= 0.3 is 0 Å². The van der Waals surface area contributed by atoms with Gasteiger partial charge in [-0.2, -0.15) is 0 Å². The summed E-state index contributed by atoms with van der Waals surface area (Å²) in [5.74, 6) is 0.826. The minimum atomic E-state index is 0.00912. The zero-order valence-electron chi connectivity index (χ0n) is 26.5. The molecule has 8 rings (SSSR count). The van der Waals surface area contributed by atoms with Crippen LogP contribution in [0.2, 0.25) is 0 Å². The molecule has 0 N–H and O–H groups in total. The molecular weight excluding hydrogens is 571 g/mol. The molecule has 0 fully saturated rings. The van der Waals surface area contributed by atoms with E-state index in [9.17, 15) is 0 Å². The summed E-state index contributed by atoms with van der Waals surface area (Å²) in [4.78, 5) is 2.37. The highest BCUT2D eigenvalue weighted by Gasteiger charge is 2.24. The number of nitrogens with zero attached hydrogens (tertiary/aromatic N) is 1. The van der Waals surface area contributed by atoms with Crippen molar-refractivity contribution in [2.75, 3.05) is 18.6 Å². The standard InChI is InChI=1S/C45H35NO/c1-4-28-46(42-26-27-43(47-3)44(35(42)5-2)31-12-7-6-8-13-31)34-22-20-30-18-19-33(29-32(30)21-23-34)36-24-25-41-38-15-10-9-14-37(38)40-17-11-16-39(36)45(40)41/h4-27,29,34H,1-2,28H2,3H3. The van der Waals surface area contributed by atoms with Crippen LogP contribution in [-0.2, 0) is 0 Å². The van der Waals surface area contributed by atoms with Crippen LogP contribution in [-0.4, -0.2) is 19.7 Å². The highest BCUT2D eigenvalue weighted by molar-refractivity contribution is 6.18. The van der Waals surface area contributed by atoms with E-state index in [2.05, 4.69) is 152 Å². The van der Waals surface area contributed by atoms with Crippen LogP contribution in [0.25, 0.3) is 73.5 Å². The molecule has 0 saturated carbocycles. The van der Waals surface area contributed by atoms with Crippen LogP contribution in [0.1, 0.15) is 16.7 Å². The van der Waals surface area contributed by atoms with Gasteiger partial charge in [0.15, 0.2) is 0 Å². The van der Waals surface area contributed by atoms with E-state index in [-0.39, 0.29) is 6.04 Å². The SMILES string of the molecule is C=CCN(c1ccc(OC)c(-c2ccccc2)c1C=C)C1C=Cc2ccc(-c3ccc4c5c(cccc35)-c3ccccc3-4)cc2C=C1. The molecule has 0 radical (unpaired) electrons. The average Bonchev–Trinajstić information content (AvgIpc) is 3.30. The summed E-state index contributed by atoms with van der Waals surface area (Å²) >= 11 is 0. The fraction of sp³-hybridized carbons (Fsp3) is 0.0667. The normalized spacial score (nSPS) is 13.9. The third kappa shape index (κ3) is 4.73. The minimum Gasteiger partial charge on any atom is -0.496 e. The Labute approximate surface area is 276 Å². The van der Waals surface area contributed by atoms with Gasteiger partial charge in [-0.15, -0.1) is 6.58 Å². The predicted octanol–water partition coefficient (Wildman–Crippen LogP) is 11.6. The van der Waals surface area contributed by atoms with Crippen molar-refractivity contribution >= 4 is 34.7 Å². The van der Waals surface area contributed by atoms with Crippen LogP contribution >= 0.6 is 0 Å². The van der Waals surface area contributed by atoms with Gasteiger partial charge in [-0.25, -0.2) is 0 Å². The van der Waals surface area contributed by atoms with E-state index in [1.54, 1.807) is 7.11 Å². The van der Waals surface area contributed by atoms with Crippen LogP contribution in [0, 0.1) is 0 Å². The molecule has 2 heteroatoms. The van der Waals surface area contributed by atoms with Gasteiger partial charge in [0, 0.05) is 23.4 Å². The van der Waals surface area contributed by atoms with Crippen molar-refractivity contribution in [3.8, 4) is 50.3 Å². The number of benzene rings is 6. The Morgan fingerprint density at radius 2 is 1.36 bits per heavy atom. The molecule has 226 valence electrons. The number of ether oxygens (including phenoxy) is 1. The summed E-state index contributed by atoms with van der Waals surface area (Å²) in [6.45, 7) is 9.02. The Balaban J connectivity index is 1.18. The predicted molar refractivity (Wildman–Crippen MR) is 202 cm³/mol. The number of hydrogen-bond donors (Lipinski definition) is 0. The van der Waals surface area contributed by atoms with Crippen LogP contribution in [0.15, 0.2) is 147 Å². The Kier molecular flexibility index (Phi) is 7.19. The van der Waals surface area contributed by atoms with Crippen molar-refractivity contribution in [2.24, 2.45) is 0 Å². The zero-order chi connectivity index (χ0) is 31.9. The highest BCUT2D eigenvalue weighted by atomic mass is 16.5. The van der Waals surface area contributed by atoms with Gasteiger partial charge in [0.25, 0.3) is 0 Å². The van der Waals surface area contributed by atoms with E-state index in [4.69, 9.17) is 4.74 Å². The number of methoxy groups -OCH3 is 1. The Morgan fingerprint density at radius 3 is 2.11 bits per heavy atom. The molecular formula is C45H35NO. The summed E-state index contributed by atoms with van der Waals surface area (Å²) in [6, 6.07) is 41.5. The first-order valence-electron chi connectivity index (χ1n) is 16.1. The quantitative estimate of drug-likeness (QED) is 0.160. The second kappa shape index (κ2) is 11.8. The van der Waals surface area contributed by atoms with E-state index in [0.29, 0.717) is 6.54 Å².